The molecular formula is C15H11F3OS. The second-order valence-corrected chi connectivity index (χ2v) is 5.03. The van der Waals surface area contributed by atoms with Gasteiger partial charge in [0.1, 0.15) is 0 Å². The molecule has 0 fully saturated rings. The van der Waals surface area contributed by atoms with E-state index in [1.54, 1.807) is 6.07 Å². The predicted octanol–water partition coefficient (Wildman–Crippen LogP) is 4.91. The molecule has 5 heteroatoms. The average Bonchev–Trinajstić information content (AvgIpc) is 2.45. The Morgan fingerprint density at radius 1 is 1.10 bits per heavy atom. The van der Waals surface area contributed by atoms with E-state index in [2.05, 4.69) is 0 Å². The molecule has 0 aliphatic heterocycles. The Labute approximate surface area is 118 Å². The van der Waals surface area contributed by atoms with Gasteiger partial charge in [-0.05, 0) is 41.6 Å². The summed E-state index contributed by atoms with van der Waals surface area (Å²) in [5.41, 5.74) is 0.457. The van der Waals surface area contributed by atoms with E-state index < -0.39 is 11.7 Å². The molecule has 0 saturated carbocycles. The maximum atomic E-state index is 12.6. The van der Waals surface area contributed by atoms with Crippen molar-refractivity contribution in [3.05, 3.63) is 53.6 Å². The Balaban J connectivity index is 2.54. The summed E-state index contributed by atoms with van der Waals surface area (Å²) in [6.07, 6.45) is -2.08. The van der Waals surface area contributed by atoms with Crippen LogP contribution in [0.3, 0.4) is 0 Å². The molecule has 0 N–H and O–H groups in total. The number of carbonyl (C=O) groups is 1. The fourth-order valence-corrected chi connectivity index (χ4v) is 2.35. The molecular weight excluding hydrogens is 285 g/mol. The minimum Gasteiger partial charge on any atom is -0.298 e. The van der Waals surface area contributed by atoms with Gasteiger partial charge in [-0.2, -0.15) is 13.2 Å². The molecule has 0 aliphatic rings. The number of rotatable bonds is 3. The lowest BCUT2D eigenvalue weighted by Crippen LogP contribution is -2.05. The highest BCUT2D eigenvalue weighted by Crippen LogP contribution is 2.33. The quantitative estimate of drug-likeness (QED) is 0.591. The van der Waals surface area contributed by atoms with Gasteiger partial charge in [0, 0.05) is 10.5 Å². The summed E-state index contributed by atoms with van der Waals surface area (Å²) in [4.78, 5) is 12.0. The highest BCUT2D eigenvalue weighted by molar-refractivity contribution is 7.98. The molecule has 2 aromatic rings. The van der Waals surface area contributed by atoms with E-state index in [1.807, 2.05) is 24.5 Å². The second kappa shape index (κ2) is 5.71. The lowest BCUT2D eigenvalue weighted by molar-refractivity contribution is -0.137. The summed E-state index contributed by atoms with van der Waals surface area (Å²) in [5.74, 6) is 0. The van der Waals surface area contributed by atoms with Crippen molar-refractivity contribution in [3.8, 4) is 11.1 Å². The number of hydrogen-bond donors (Lipinski definition) is 0. The van der Waals surface area contributed by atoms with Gasteiger partial charge < -0.3 is 0 Å². The lowest BCUT2D eigenvalue weighted by atomic mass is 9.98. The van der Waals surface area contributed by atoms with Gasteiger partial charge in [0.2, 0.25) is 0 Å². The topological polar surface area (TPSA) is 17.1 Å². The van der Waals surface area contributed by atoms with Crippen molar-refractivity contribution in [1.82, 2.24) is 0 Å². The summed E-state index contributed by atoms with van der Waals surface area (Å²) in [6, 6.07) is 10.6. The van der Waals surface area contributed by atoms with Crippen LogP contribution in [0.25, 0.3) is 11.1 Å². The van der Waals surface area contributed by atoms with E-state index in [4.69, 9.17) is 0 Å². The van der Waals surface area contributed by atoms with Crippen molar-refractivity contribution in [1.29, 1.82) is 0 Å². The van der Waals surface area contributed by atoms with Gasteiger partial charge in [-0.1, -0.05) is 18.2 Å². The standard InChI is InChI=1S/C15H11F3OS/c1-20-13-4-2-3-10(8-13)14-6-5-12(15(16,17)18)7-11(14)9-19/h2-9H,1H3. The van der Waals surface area contributed by atoms with E-state index in [-0.39, 0.29) is 5.56 Å². The minimum atomic E-state index is -4.45. The number of halogens is 3. The van der Waals surface area contributed by atoms with Crippen molar-refractivity contribution in [2.45, 2.75) is 11.1 Å². The van der Waals surface area contributed by atoms with Crippen molar-refractivity contribution in [2.24, 2.45) is 0 Å². The molecule has 2 aromatic carbocycles. The first-order chi connectivity index (χ1) is 9.45. The molecule has 0 radical (unpaired) electrons. The Hall–Kier alpha value is -1.75. The third-order valence-electron chi connectivity index (χ3n) is 2.89. The molecule has 0 aliphatic carbocycles. The van der Waals surface area contributed by atoms with Gasteiger partial charge in [-0.3, -0.25) is 4.79 Å². The van der Waals surface area contributed by atoms with Crippen LogP contribution in [0, 0.1) is 0 Å². The smallest absolute Gasteiger partial charge is 0.298 e. The van der Waals surface area contributed by atoms with Gasteiger partial charge in [0.15, 0.2) is 6.29 Å². The fraction of sp³-hybridized carbons (Fsp3) is 0.133. The normalized spacial score (nSPS) is 11.4. The minimum absolute atomic E-state index is 0.0399. The molecule has 104 valence electrons. The van der Waals surface area contributed by atoms with Crippen LogP contribution >= 0.6 is 11.8 Å². The van der Waals surface area contributed by atoms with Crippen molar-refractivity contribution >= 4 is 18.0 Å². The lowest BCUT2D eigenvalue weighted by Gasteiger charge is -2.11. The zero-order valence-corrected chi connectivity index (χ0v) is 11.4. The molecule has 0 atom stereocenters. The number of aldehydes is 1. The highest BCUT2D eigenvalue weighted by atomic mass is 32.2. The molecule has 1 nitrogen and oxygen atoms in total. The zero-order chi connectivity index (χ0) is 14.8. The van der Waals surface area contributed by atoms with Crippen molar-refractivity contribution in [2.75, 3.05) is 6.26 Å². The van der Waals surface area contributed by atoms with Crippen LogP contribution in [-0.4, -0.2) is 12.5 Å². The van der Waals surface area contributed by atoms with Crippen LogP contribution in [-0.2, 0) is 6.18 Å². The Morgan fingerprint density at radius 2 is 1.85 bits per heavy atom. The molecule has 0 heterocycles. The summed E-state index contributed by atoms with van der Waals surface area (Å²) in [5, 5.41) is 0. The SMILES string of the molecule is CSc1cccc(-c2ccc(C(F)(F)F)cc2C=O)c1. The highest BCUT2D eigenvalue weighted by Gasteiger charge is 2.31. The first-order valence-electron chi connectivity index (χ1n) is 5.76. The van der Waals surface area contributed by atoms with E-state index in [0.717, 1.165) is 22.6 Å². The molecule has 0 saturated heterocycles. The van der Waals surface area contributed by atoms with Crippen LogP contribution in [0.5, 0.6) is 0 Å². The maximum Gasteiger partial charge on any atom is 0.416 e. The third-order valence-corrected chi connectivity index (χ3v) is 3.61. The van der Waals surface area contributed by atoms with Crippen molar-refractivity contribution in [3.63, 3.8) is 0 Å². The van der Waals surface area contributed by atoms with Crippen LogP contribution in [0.4, 0.5) is 13.2 Å². The van der Waals surface area contributed by atoms with E-state index in [0.29, 0.717) is 11.8 Å². The largest absolute Gasteiger partial charge is 0.416 e. The Kier molecular flexibility index (Phi) is 4.18. The van der Waals surface area contributed by atoms with E-state index >= 15 is 0 Å². The number of carbonyl (C=O) groups excluding carboxylic acids is 1. The van der Waals surface area contributed by atoms with Crippen LogP contribution < -0.4 is 0 Å². The summed E-state index contributed by atoms with van der Waals surface area (Å²) in [6.45, 7) is 0. The number of hydrogen-bond acceptors (Lipinski definition) is 2. The summed E-state index contributed by atoms with van der Waals surface area (Å²) in [7, 11) is 0. The fourth-order valence-electron chi connectivity index (χ4n) is 1.89. The van der Waals surface area contributed by atoms with E-state index in [9.17, 15) is 18.0 Å². The number of benzene rings is 2. The van der Waals surface area contributed by atoms with Crippen LogP contribution in [0.15, 0.2) is 47.4 Å². The van der Waals surface area contributed by atoms with Gasteiger partial charge in [0.05, 0.1) is 5.56 Å². The summed E-state index contributed by atoms with van der Waals surface area (Å²) >= 11 is 1.53. The zero-order valence-electron chi connectivity index (χ0n) is 10.6. The first-order valence-corrected chi connectivity index (χ1v) is 6.99. The van der Waals surface area contributed by atoms with Gasteiger partial charge in [-0.15, -0.1) is 11.8 Å². The number of alkyl halides is 3. The van der Waals surface area contributed by atoms with Crippen LogP contribution in [0.1, 0.15) is 15.9 Å². The van der Waals surface area contributed by atoms with Crippen molar-refractivity contribution < 1.29 is 18.0 Å². The Bertz CT molecular complexity index is 635. The molecule has 2 rings (SSSR count). The summed E-state index contributed by atoms with van der Waals surface area (Å²) < 4.78 is 37.9. The molecule has 0 aromatic heterocycles. The third kappa shape index (κ3) is 3.04. The number of thioether (sulfide) groups is 1. The van der Waals surface area contributed by atoms with Gasteiger partial charge in [-0.25, -0.2) is 0 Å². The molecule has 0 spiro atoms. The predicted molar refractivity (Wildman–Crippen MR) is 74.0 cm³/mol. The Morgan fingerprint density at radius 3 is 2.45 bits per heavy atom. The second-order valence-electron chi connectivity index (χ2n) is 4.15. The van der Waals surface area contributed by atoms with Gasteiger partial charge in [0.25, 0.3) is 0 Å². The van der Waals surface area contributed by atoms with E-state index in [1.165, 1.54) is 17.8 Å². The molecule has 20 heavy (non-hydrogen) atoms. The molecule has 0 amide bonds. The van der Waals surface area contributed by atoms with Crippen LogP contribution in [0.2, 0.25) is 0 Å². The maximum absolute atomic E-state index is 12.6. The monoisotopic (exact) mass is 296 g/mol. The molecule has 0 unspecified atom stereocenters. The van der Waals surface area contributed by atoms with Gasteiger partial charge >= 0.3 is 6.18 Å². The first kappa shape index (κ1) is 14.7. The average molecular weight is 296 g/mol. The molecule has 0 bridgehead atoms.